The van der Waals surface area contributed by atoms with E-state index in [1.807, 2.05) is 0 Å². The summed E-state index contributed by atoms with van der Waals surface area (Å²) in [4.78, 5) is 20.9. The molecular formula is C5H7IO4S. The predicted octanol–water partition coefficient (Wildman–Crippen LogP) is 1.09. The average molecular weight is 290 g/mol. The number of carbonyl (C=O) groups excluding carboxylic acids is 1. The van der Waals surface area contributed by atoms with E-state index in [1.54, 1.807) is 6.26 Å². The maximum absolute atomic E-state index is 10.6. The molecule has 1 unspecified atom stereocenters. The van der Waals surface area contributed by atoms with Gasteiger partial charge in [0.15, 0.2) is 23.0 Å². The Morgan fingerprint density at radius 2 is 2.27 bits per heavy atom. The number of halogens is 1. The van der Waals surface area contributed by atoms with Crippen molar-refractivity contribution in [2.45, 2.75) is 11.7 Å². The summed E-state index contributed by atoms with van der Waals surface area (Å²) in [6.07, 6.45) is 1.55. The number of carboxylic acids is 1. The predicted molar refractivity (Wildman–Crippen MR) is 49.7 cm³/mol. The molecule has 6 heteroatoms. The minimum atomic E-state index is -0.987. The molecule has 0 aromatic heterocycles. The van der Waals surface area contributed by atoms with Gasteiger partial charge in [0.05, 0.1) is 6.42 Å². The molecule has 0 aliphatic rings. The molecule has 0 radical (unpaired) electrons. The lowest BCUT2D eigenvalue weighted by molar-refractivity contribution is -0.140. The van der Waals surface area contributed by atoms with Gasteiger partial charge in [-0.3, -0.25) is 9.59 Å². The number of rotatable bonds is 4. The van der Waals surface area contributed by atoms with E-state index in [-0.39, 0.29) is 6.42 Å². The quantitative estimate of drug-likeness (QED) is 0.785. The topological polar surface area (TPSA) is 63.6 Å². The molecule has 4 nitrogen and oxygen atoms in total. The van der Waals surface area contributed by atoms with Crippen molar-refractivity contribution in [2.75, 3.05) is 6.26 Å². The lowest BCUT2D eigenvalue weighted by Crippen LogP contribution is -2.19. The van der Waals surface area contributed by atoms with Crippen molar-refractivity contribution in [1.82, 2.24) is 0 Å². The summed E-state index contributed by atoms with van der Waals surface area (Å²) in [5.74, 6) is -1.49. The number of carboxylic acid groups (broad SMARTS) is 1. The van der Waals surface area contributed by atoms with Crippen LogP contribution < -0.4 is 0 Å². The summed E-state index contributed by atoms with van der Waals surface area (Å²) in [6, 6.07) is 0. The molecule has 0 saturated carbocycles. The normalized spacial score (nSPS) is 12.2. The smallest absolute Gasteiger partial charge is 0.317 e. The number of hydrogen-bond acceptors (Lipinski definition) is 4. The zero-order valence-electron chi connectivity index (χ0n) is 5.74. The average Bonchev–Trinajstić information content (AvgIpc) is 1.99. The highest BCUT2D eigenvalue weighted by Crippen LogP contribution is 2.12. The fourth-order valence-corrected chi connectivity index (χ4v) is 1.14. The molecule has 0 heterocycles. The molecule has 0 rings (SSSR count). The first kappa shape index (κ1) is 11.0. The Labute approximate surface area is 82.4 Å². The Morgan fingerprint density at radius 3 is 2.55 bits per heavy atom. The molecule has 11 heavy (non-hydrogen) atoms. The number of thioether (sulfide) groups is 1. The van der Waals surface area contributed by atoms with Crippen molar-refractivity contribution in [3.05, 3.63) is 0 Å². The van der Waals surface area contributed by atoms with Crippen LogP contribution in [0, 0.1) is 0 Å². The van der Waals surface area contributed by atoms with Crippen molar-refractivity contribution >= 4 is 46.7 Å². The van der Waals surface area contributed by atoms with Crippen LogP contribution in [0.1, 0.15) is 6.42 Å². The summed E-state index contributed by atoms with van der Waals surface area (Å²) < 4.78 is 4.29. The largest absolute Gasteiger partial charge is 0.480 e. The van der Waals surface area contributed by atoms with Gasteiger partial charge >= 0.3 is 11.9 Å². The second-order valence-corrected chi connectivity index (χ2v) is 3.20. The molecule has 0 aliphatic carbocycles. The minimum absolute atomic E-state index is 0.0839. The molecule has 0 amide bonds. The van der Waals surface area contributed by atoms with Crippen LogP contribution in [-0.4, -0.2) is 28.6 Å². The highest BCUT2D eigenvalue weighted by atomic mass is 127. The van der Waals surface area contributed by atoms with Crippen LogP contribution in [0.3, 0.4) is 0 Å². The van der Waals surface area contributed by atoms with Crippen molar-refractivity contribution in [3.63, 3.8) is 0 Å². The van der Waals surface area contributed by atoms with Gasteiger partial charge in [0.1, 0.15) is 5.25 Å². The summed E-state index contributed by atoms with van der Waals surface area (Å²) in [5, 5.41) is 7.79. The lowest BCUT2D eigenvalue weighted by atomic mass is 10.3. The van der Waals surface area contributed by atoms with E-state index in [0.29, 0.717) is 0 Å². The van der Waals surface area contributed by atoms with Crippen LogP contribution in [0.4, 0.5) is 0 Å². The van der Waals surface area contributed by atoms with Crippen molar-refractivity contribution in [1.29, 1.82) is 0 Å². The van der Waals surface area contributed by atoms with E-state index in [9.17, 15) is 9.59 Å². The number of aliphatic carboxylic acids is 1. The summed E-state index contributed by atoms with van der Waals surface area (Å²) >= 11 is 2.55. The van der Waals surface area contributed by atoms with Gasteiger partial charge in [-0.1, -0.05) is 0 Å². The Kier molecular flexibility index (Phi) is 5.65. The molecule has 64 valence electrons. The second-order valence-electron chi connectivity index (χ2n) is 1.72. The lowest BCUT2D eigenvalue weighted by Gasteiger charge is -2.05. The van der Waals surface area contributed by atoms with Crippen LogP contribution in [-0.2, 0) is 12.7 Å². The second kappa shape index (κ2) is 5.64. The Balaban J connectivity index is 3.88. The van der Waals surface area contributed by atoms with E-state index in [4.69, 9.17) is 5.11 Å². The fourth-order valence-electron chi connectivity index (χ4n) is 0.454. The number of carbonyl (C=O) groups is 2. The molecule has 1 atom stereocenters. The molecule has 0 aliphatic heterocycles. The molecular weight excluding hydrogens is 283 g/mol. The first-order valence-electron chi connectivity index (χ1n) is 2.68. The zero-order chi connectivity index (χ0) is 8.85. The summed E-state index contributed by atoms with van der Waals surface area (Å²) in [7, 11) is 0. The van der Waals surface area contributed by atoms with Gasteiger partial charge in [-0.05, 0) is 6.26 Å². The Morgan fingerprint density at radius 1 is 1.73 bits per heavy atom. The maximum atomic E-state index is 10.6. The summed E-state index contributed by atoms with van der Waals surface area (Å²) in [6.45, 7) is 0. The van der Waals surface area contributed by atoms with E-state index in [2.05, 4.69) is 3.07 Å². The van der Waals surface area contributed by atoms with Gasteiger partial charge in [0.2, 0.25) is 0 Å². The van der Waals surface area contributed by atoms with Crippen molar-refractivity contribution in [2.24, 2.45) is 0 Å². The van der Waals surface area contributed by atoms with Gasteiger partial charge in [0.25, 0.3) is 0 Å². The Hall–Kier alpha value is 0.0200. The third-order valence-electron chi connectivity index (χ3n) is 0.998. The van der Waals surface area contributed by atoms with Crippen LogP contribution >= 0.6 is 34.8 Å². The van der Waals surface area contributed by atoms with Gasteiger partial charge in [-0.15, -0.1) is 11.8 Å². The highest BCUT2D eigenvalue weighted by Gasteiger charge is 2.20. The summed E-state index contributed by atoms with van der Waals surface area (Å²) in [5.41, 5.74) is 0. The standard InChI is InChI=1S/C5H7IO4S/c1-11-3(5(8)9)2-4(7)10-6/h3H,2H2,1H3,(H,8,9). The molecule has 0 fully saturated rings. The van der Waals surface area contributed by atoms with E-state index < -0.39 is 17.2 Å². The number of hydrogen-bond donors (Lipinski definition) is 1. The SMILES string of the molecule is CSC(CC(=O)OI)C(=O)O. The van der Waals surface area contributed by atoms with Crippen LogP contribution in [0.25, 0.3) is 0 Å². The molecule has 0 aromatic rings. The van der Waals surface area contributed by atoms with E-state index >= 15 is 0 Å². The van der Waals surface area contributed by atoms with Gasteiger partial charge in [0, 0.05) is 0 Å². The van der Waals surface area contributed by atoms with Gasteiger partial charge < -0.3 is 8.17 Å². The van der Waals surface area contributed by atoms with E-state index in [0.717, 1.165) is 11.8 Å². The highest BCUT2D eigenvalue weighted by molar-refractivity contribution is 14.1. The van der Waals surface area contributed by atoms with Gasteiger partial charge in [-0.2, -0.15) is 0 Å². The van der Waals surface area contributed by atoms with Crippen LogP contribution in [0.5, 0.6) is 0 Å². The molecule has 1 N–H and O–H groups in total. The first-order chi connectivity index (χ1) is 5.11. The van der Waals surface area contributed by atoms with Crippen LogP contribution in [0.2, 0.25) is 0 Å². The van der Waals surface area contributed by atoms with Crippen LogP contribution in [0.15, 0.2) is 0 Å². The van der Waals surface area contributed by atoms with E-state index in [1.165, 1.54) is 23.0 Å². The zero-order valence-corrected chi connectivity index (χ0v) is 8.72. The third kappa shape index (κ3) is 4.46. The molecule has 0 spiro atoms. The third-order valence-corrected chi connectivity index (χ3v) is 2.43. The Bertz CT molecular complexity index is 161. The minimum Gasteiger partial charge on any atom is -0.480 e. The van der Waals surface area contributed by atoms with Crippen molar-refractivity contribution < 1.29 is 17.8 Å². The van der Waals surface area contributed by atoms with Gasteiger partial charge in [-0.25, -0.2) is 0 Å². The monoisotopic (exact) mass is 290 g/mol. The molecule has 0 aromatic carbocycles. The molecule has 0 saturated heterocycles. The van der Waals surface area contributed by atoms with Crippen molar-refractivity contribution in [3.8, 4) is 0 Å². The fraction of sp³-hybridized carbons (Fsp3) is 0.600. The maximum Gasteiger partial charge on any atom is 0.317 e. The molecule has 0 bridgehead atoms. The first-order valence-corrected chi connectivity index (χ1v) is 4.85.